The van der Waals surface area contributed by atoms with Crippen LogP contribution in [0.4, 0.5) is 10.8 Å². The Morgan fingerprint density at radius 1 is 1.37 bits per heavy atom. The van der Waals surface area contributed by atoms with E-state index in [1.54, 1.807) is 0 Å². The number of anilines is 2. The van der Waals surface area contributed by atoms with Gasteiger partial charge in [0.05, 0.1) is 6.61 Å². The smallest absolute Gasteiger partial charge is 0.197 e. The number of nitrogen functional groups attached to an aromatic ring is 1. The van der Waals surface area contributed by atoms with Gasteiger partial charge < -0.3 is 15.4 Å². The summed E-state index contributed by atoms with van der Waals surface area (Å²) in [6.45, 7) is 3.25. The van der Waals surface area contributed by atoms with Gasteiger partial charge in [-0.05, 0) is 36.2 Å². The molecular weight excluding hydrogens is 282 g/mol. The summed E-state index contributed by atoms with van der Waals surface area (Å²) in [5, 5.41) is 1.68. The molecule has 4 nitrogen and oxygen atoms in total. The summed E-state index contributed by atoms with van der Waals surface area (Å²) in [6, 6.07) is 7.78. The summed E-state index contributed by atoms with van der Waals surface area (Å²) >= 11 is 7.22. The van der Waals surface area contributed by atoms with Crippen molar-refractivity contribution in [3.63, 3.8) is 0 Å². The molecule has 2 rings (SSSR count). The van der Waals surface area contributed by atoms with Crippen LogP contribution in [0.15, 0.2) is 24.3 Å². The van der Waals surface area contributed by atoms with Gasteiger partial charge in [0.15, 0.2) is 16.6 Å². The lowest BCUT2D eigenvalue weighted by molar-refractivity contribution is 0.343. The second-order valence-electron chi connectivity index (χ2n) is 4.12. The lowest BCUT2D eigenvalue weighted by Gasteiger charge is -2.18. The van der Waals surface area contributed by atoms with Crippen LogP contribution in [0.5, 0.6) is 5.75 Å². The Balaban J connectivity index is 2.15. The Kier molecular flexibility index (Phi) is 4.50. The predicted molar refractivity (Wildman–Crippen MR) is 81.3 cm³/mol. The number of hydrogen-bond acceptors (Lipinski definition) is 5. The van der Waals surface area contributed by atoms with E-state index < -0.39 is 0 Å². The first-order valence-electron chi connectivity index (χ1n) is 5.95. The molecule has 0 spiro atoms. The molecular formula is C13H16ClN3OS. The van der Waals surface area contributed by atoms with Gasteiger partial charge in [0.1, 0.15) is 0 Å². The molecule has 6 heteroatoms. The first-order valence-corrected chi connectivity index (χ1v) is 7.10. The average Bonchev–Trinajstić information content (AvgIpc) is 2.75. The zero-order valence-electron chi connectivity index (χ0n) is 10.9. The minimum atomic E-state index is 0.449. The van der Waals surface area contributed by atoms with Crippen LogP contribution in [-0.2, 0) is 6.54 Å². The van der Waals surface area contributed by atoms with Crippen LogP contribution in [0, 0.1) is 0 Å². The number of halogens is 1. The molecule has 1 aromatic carbocycles. The van der Waals surface area contributed by atoms with E-state index in [0.717, 1.165) is 16.6 Å². The SMILES string of the molecule is CCOc1c(N)nsc1N(C)Cc1ccc(Cl)cc1. The standard InChI is InChI=1S/C13H16ClN3OS/c1-3-18-11-12(15)16-19-13(11)17(2)8-9-4-6-10(14)7-5-9/h4-7H,3,8H2,1-2H3,(H2,15,16). The first kappa shape index (κ1) is 14.0. The fourth-order valence-corrected chi connectivity index (χ4v) is 2.59. The van der Waals surface area contributed by atoms with Gasteiger partial charge in [-0.15, -0.1) is 0 Å². The topological polar surface area (TPSA) is 51.4 Å². The number of benzene rings is 1. The van der Waals surface area contributed by atoms with Crippen LogP contribution < -0.4 is 15.4 Å². The van der Waals surface area contributed by atoms with Crippen molar-refractivity contribution in [2.45, 2.75) is 13.5 Å². The average molecular weight is 298 g/mol. The Morgan fingerprint density at radius 2 is 2.05 bits per heavy atom. The second kappa shape index (κ2) is 6.12. The number of nitrogens with zero attached hydrogens (tertiary/aromatic N) is 2. The largest absolute Gasteiger partial charge is 0.487 e. The normalized spacial score (nSPS) is 10.5. The summed E-state index contributed by atoms with van der Waals surface area (Å²) in [4.78, 5) is 2.07. The van der Waals surface area contributed by atoms with Crippen molar-refractivity contribution in [3.8, 4) is 5.75 Å². The minimum absolute atomic E-state index is 0.449. The van der Waals surface area contributed by atoms with Gasteiger partial charge in [-0.3, -0.25) is 0 Å². The van der Waals surface area contributed by atoms with E-state index in [2.05, 4.69) is 9.27 Å². The summed E-state index contributed by atoms with van der Waals surface area (Å²) in [5.74, 6) is 1.12. The van der Waals surface area contributed by atoms with Crippen LogP contribution >= 0.6 is 23.1 Å². The molecule has 0 atom stereocenters. The van der Waals surface area contributed by atoms with Crippen molar-refractivity contribution < 1.29 is 4.74 Å². The quantitative estimate of drug-likeness (QED) is 0.919. The number of aromatic nitrogens is 1. The predicted octanol–water partition coefficient (Wildman–Crippen LogP) is 3.41. The maximum absolute atomic E-state index is 5.88. The van der Waals surface area contributed by atoms with E-state index in [9.17, 15) is 0 Å². The molecule has 0 aliphatic heterocycles. The van der Waals surface area contributed by atoms with E-state index in [0.29, 0.717) is 18.2 Å². The minimum Gasteiger partial charge on any atom is -0.487 e. The molecule has 102 valence electrons. The van der Waals surface area contributed by atoms with Crippen LogP contribution in [0.2, 0.25) is 5.02 Å². The fraction of sp³-hybridized carbons (Fsp3) is 0.308. The zero-order valence-corrected chi connectivity index (χ0v) is 12.5. The third-order valence-corrected chi connectivity index (χ3v) is 3.84. The van der Waals surface area contributed by atoms with Crippen LogP contribution in [0.3, 0.4) is 0 Å². The van der Waals surface area contributed by atoms with Gasteiger partial charge in [-0.2, -0.15) is 4.37 Å². The maximum atomic E-state index is 5.88. The zero-order chi connectivity index (χ0) is 13.8. The van der Waals surface area contributed by atoms with Gasteiger partial charge in [0.2, 0.25) is 0 Å². The van der Waals surface area contributed by atoms with Crippen molar-refractivity contribution >= 4 is 34.0 Å². The van der Waals surface area contributed by atoms with Crippen molar-refractivity contribution in [1.29, 1.82) is 0 Å². The third-order valence-electron chi connectivity index (χ3n) is 2.63. The highest BCUT2D eigenvalue weighted by Gasteiger charge is 2.16. The fourth-order valence-electron chi connectivity index (χ4n) is 1.74. The molecule has 1 aromatic heterocycles. The number of nitrogens with two attached hydrogens (primary N) is 1. The second-order valence-corrected chi connectivity index (χ2v) is 5.31. The molecule has 1 heterocycles. The molecule has 0 saturated heterocycles. The molecule has 0 bridgehead atoms. The summed E-state index contributed by atoms with van der Waals surface area (Å²) in [5.41, 5.74) is 6.98. The molecule has 0 fully saturated rings. The highest BCUT2D eigenvalue weighted by Crippen LogP contribution is 2.38. The lowest BCUT2D eigenvalue weighted by Crippen LogP contribution is -2.16. The Labute approximate surface area is 121 Å². The molecule has 0 aliphatic carbocycles. The Hall–Kier alpha value is -1.46. The molecule has 0 saturated carbocycles. The number of ether oxygens (including phenoxy) is 1. The molecule has 2 N–H and O–H groups in total. The molecule has 0 radical (unpaired) electrons. The van der Waals surface area contributed by atoms with E-state index in [4.69, 9.17) is 22.1 Å². The molecule has 2 aromatic rings. The van der Waals surface area contributed by atoms with Gasteiger partial charge in [-0.1, -0.05) is 23.7 Å². The Bertz CT molecular complexity index is 541. The maximum Gasteiger partial charge on any atom is 0.197 e. The van der Waals surface area contributed by atoms with E-state index in [-0.39, 0.29) is 0 Å². The number of rotatable bonds is 5. The Morgan fingerprint density at radius 3 is 2.68 bits per heavy atom. The summed E-state index contributed by atoms with van der Waals surface area (Å²) in [6.07, 6.45) is 0. The summed E-state index contributed by atoms with van der Waals surface area (Å²) < 4.78 is 9.69. The monoisotopic (exact) mass is 297 g/mol. The van der Waals surface area contributed by atoms with Gasteiger partial charge in [-0.25, -0.2) is 0 Å². The van der Waals surface area contributed by atoms with Gasteiger partial charge in [0.25, 0.3) is 0 Å². The molecule has 19 heavy (non-hydrogen) atoms. The van der Waals surface area contributed by atoms with Crippen molar-refractivity contribution in [3.05, 3.63) is 34.9 Å². The van der Waals surface area contributed by atoms with Crippen molar-refractivity contribution in [1.82, 2.24) is 4.37 Å². The summed E-state index contributed by atoms with van der Waals surface area (Å²) in [7, 11) is 1.99. The number of hydrogen-bond donors (Lipinski definition) is 1. The van der Waals surface area contributed by atoms with E-state index >= 15 is 0 Å². The third kappa shape index (κ3) is 3.30. The van der Waals surface area contributed by atoms with Crippen molar-refractivity contribution in [2.24, 2.45) is 0 Å². The molecule has 0 aliphatic rings. The van der Waals surface area contributed by atoms with E-state index in [1.165, 1.54) is 17.1 Å². The van der Waals surface area contributed by atoms with Gasteiger partial charge >= 0.3 is 0 Å². The van der Waals surface area contributed by atoms with Crippen molar-refractivity contribution in [2.75, 3.05) is 24.3 Å². The van der Waals surface area contributed by atoms with Crippen LogP contribution in [0.25, 0.3) is 0 Å². The van der Waals surface area contributed by atoms with Crippen LogP contribution in [0.1, 0.15) is 12.5 Å². The van der Waals surface area contributed by atoms with E-state index in [1.807, 2.05) is 38.2 Å². The van der Waals surface area contributed by atoms with Crippen LogP contribution in [-0.4, -0.2) is 18.0 Å². The molecule has 0 amide bonds. The first-order chi connectivity index (χ1) is 9.11. The van der Waals surface area contributed by atoms with Gasteiger partial charge in [0, 0.05) is 18.6 Å². The highest BCUT2D eigenvalue weighted by molar-refractivity contribution is 7.11. The molecule has 0 unspecified atom stereocenters. The highest BCUT2D eigenvalue weighted by atomic mass is 35.5. The lowest BCUT2D eigenvalue weighted by atomic mass is 10.2.